The van der Waals surface area contributed by atoms with Crippen molar-refractivity contribution in [1.82, 2.24) is 5.32 Å². The molecule has 36 heavy (non-hydrogen) atoms. The second-order valence-corrected chi connectivity index (χ2v) is 8.50. The van der Waals surface area contributed by atoms with Crippen molar-refractivity contribution in [1.29, 1.82) is 0 Å². The summed E-state index contributed by atoms with van der Waals surface area (Å²) in [6, 6.07) is 24.5. The van der Waals surface area contributed by atoms with E-state index in [0.29, 0.717) is 23.5 Å². The van der Waals surface area contributed by atoms with E-state index < -0.39 is 17.5 Å². The highest BCUT2D eigenvalue weighted by Gasteiger charge is 2.19. The Kier molecular flexibility index (Phi) is 8.08. The molecule has 1 amide bonds. The van der Waals surface area contributed by atoms with Crippen molar-refractivity contribution in [2.24, 2.45) is 0 Å². The number of benzene rings is 4. The molecule has 0 saturated carbocycles. The normalized spacial score (nSPS) is 10.6. The van der Waals surface area contributed by atoms with E-state index in [1.807, 2.05) is 30.3 Å². The Hall–Kier alpha value is -4.03. The van der Waals surface area contributed by atoms with Crippen molar-refractivity contribution in [2.75, 3.05) is 0 Å². The third-order valence-corrected chi connectivity index (χ3v) is 5.87. The molecular weight excluding hydrogens is 484 g/mol. The lowest BCUT2D eigenvalue weighted by molar-refractivity contribution is 0.0949. The number of hydrogen-bond donors (Lipinski definition) is 1. The van der Waals surface area contributed by atoms with Crippen LogP contribution >= 0.6 is 11.6 Å². The molecule has 0 unspecified atom stereocenters. The van der Waals surface area contributed by atoms with Gasteiger partial charge in [0.1, 0.15) is 24.0 Å². The van der Waals surface area contributed by atoms with Gasteiger partial charge in [-0.05, 0) is 47.5 Å². The molecule has 0 radical (unpaired) electrons. The van der Waals surface area contributed by atoms with E-state index in [-0.39, 0.29) is 34.9 Å². The summed E-state index contributed by atoms with van der Waals surface area (Å²) in [7, 11) is 0. The first-order chi connectivity index (χ1) is 17.4. The third kappa shape index (κ3) is 6.34. The zero-order chi connectivity index (χ0) is 25.5. The van der Waals surface area contributed by atoms with Gasteiger partial charge in [-0.1, -0.05) is 60.1 Å². The van der Waals surface area contributed by atoms with E-state index >= 15 is 0 Å². The van der Waals surface area contributed by atoms with Gasteiger partial charge in [0.05, 0.1) is 10.6 Å². The second kappa shape index (κ2) is 11.6. The summed E-state index contributed by atoms with van der Waals surface area (Å²) in [5.41, 5.74) is 2.20. The summed E-state index contributed by atoms with van der Waals surface area (Å²) in [5.74, 6) is -1.60. The Morgan fingerprint density at radius 2 is 1.58 bits per heavy atom. The van der Waals surface area contributed by atoms with Crippen LogP contribution in [0.5, 0.6) is 5.75 Å². The lowest BCUT2D eigenvalue weighted by atomic mass is 9.98. The highest BCUT2D eigenvalue weighted by atomic mass is 35.5. The number of ketones is 1. The van der Waals surface area contributed by atoms with Crippen LogP contribution < -0.4 is 10.1 Å². The Balaban J connectivity index is 1.42. The molecule has 4 rings (SSSR count). The van der Waals surface area contributed by atoms with Gasteiger partial charge in [-0.3, -0.25) is 9.59 Å². The van der Waals surface area contributed by atoms with E-state index in [2.05, 4.69) is 5.32 Å². The molecule has 4 nitrogen and oxygen atoms in total. The van der Waals surface area contributed by atoms with Crippen LogP contribution in [0.1, 0.15) is 37.4 Å². The number of rotatable bonds is 9. The molecule has 7 heteroatoms. The van der Waals surface area contributed by atoms with Gasteiger partial charge >= 0.3 is 0 Å². The van der Waals surface area contributed by atoms with Crippen LogP contribution in [0.4, 0.5) is 8.78 Å². The highest BCUT2D eigenvalue weighted by molar-refractivity contribution is 6.34. The molecule has 0 aromatic heterocycles. The van der Waals surface area contributed by atoms with Crippen LogP contribution in [0.25, 0.3) is 0 Å². The van der Waals surface area contributed by atoms with Gasteiger partial charge in [0.25, 0.3) is 5.91 Å². The summed E-state index contributed by atoms with van der Waals surface area (Å²) < 4.78 is 32.8. The smallest absolute Gasteiger partial charge is 0.253 e. The fourth-order valence-corrected chi connectivity index (χ4v) is 3.93. The molecule has 4 aromatic rings. The molecule has 0 aliphatic rings. The van der Waals surface area contributed by atoms with Crippen molar-refractivity contribution in [3.05, 3.63) is 135 Å². The molecule has 0 aliphatic heterocycles. The molecule has 0 atom stereocenters. The van der Waals surface area contributed by atoms with Gasteiger partial charge in [-0.15, -0.1) is 0 Å². The maximum atomic E-state index is 13.9. The van der Waals surface area contributed by atoms with Crippen LogP contribution in [0.2, 0.25) is 5.02 Å². The lowest BCUT2D eigenvalue weighted by Gasteiger charge is -2.12. The minimum absolute atomic E-state index is 0.0571. The average Bonchev–Trinajstić information content (AvgIpc) is 2.88. The summed E-state index contributed by atoms with van der Waals surface area (Å²) in [6.45, 7) is 0.255. The standard InChI is InChI=1S/C29H22ClF2NO3/c30-25-8-4-7-21(28(25)29(35)33-17-22-9-12-23(31)16-26(22)32)15-27(34)20-10-13-24(14-11-20)36-18-19-5-2-1-3-6-19/h1-14,16H,15,17-18H2,(H,33,35). The van der Waals surface area contributed by atoms with E-state index in [1.165, 1.54) is 6.07 Å². The predicted octanol–water partition coefficient (Wildman–Crippen LogP) is 6.55. The van der Waals surface area contributed by atoms with Crippen molar-refractivity contribution in [3.8, 4) is 5.75 Å². The van der Waals surface area contributed by atoms with Crippen LogP contribution in [-0.4, -0.2) is 11.7 Å². The number of hydrogen-bond acceptors (Lipinski definition) is 3. The lowest BCUT2D eigenvalue weighted by Crippen LogP contribution is -2.25. The first-order valence-electron chi connectivity index (χ1n) is 11.2. The number of carbonyl (C=O) groups excluding carboxylic acids is 2. The fourth-order valence-electron chi connectivity index (χ4n) is 3.65. The number of halogens is 3. The van der Waals surface area contributed by atoms with Crippen LogP contribution in [0.15, 0.2) is 91.0 Å². The van der Waals surface area contributed by atoms with Crippen LogP contribution in [0.3, 0.4) is 0 Å². The van der Waals surface area contributed by atoms with Gasteiger partial charge in [0.2, 0.25) is 0 Å². The number of carbonyl (C=O) groups is 2. The Bertz CT molecular complexity index is 1380. The van der Waals surface area contributed by atoms with Crippen molar-refractivity contribution < 1.29 is 23.1 Å². The number of ether oxygens (including phenoxy) is 1. The van der Waals surface area contributed by atoms with Crippen LogP contribution in [0, 0.1) is 11.6 Å². The minimum atomic E-state index is -0.763. The molecule has 182 valence electrons. The summed E-state index contributed by atoms with van der Waals surface area (Å²) in [4.78, 5) is 25.8. The van der Waals surface area contributed by atoms with E-state index in [4.69, 9.17) is 16.3 Å². The molecule has 0 saturated heterocycles. The zero-order valence-electron chi connectivity index (χ0n) is 19.1. The maximum absolute atomic E-state index is 13.9. The van der Waals surface area contributed by atoms with Crippen molar-refractivity contribution in [3.63, 3.8) is 0 Å². The maximum Gasteiger partial charge on any atom is 0.253 e. The number of nitrogens with one attached hydrogen (secondary N) is 1. The second-order valence-electron chi connectivity index (χ2n) is 8.09. The molecule has 0 spiro atoms. The Labute approximate surface area is 212 Å². The summed E-state index contributed by atoms with van der Waals surface area (Å²) in [5, 5.41) is 2.76. The predicted molar refractivity (Wildman–Crippen MR) is 134 cm³/mol. The molecule has 0 heterocycles. The zero-order valence-corrected chi connectivity index (χ0v) is 19.9. The first kappa shape index (κ1) is 25.1. The SMILES string of the molecule is O=C(Cc1cccc(Cl)c1C(=O)NCc1ccc(F)cc1F)c1ccc(OCc2ccccc2)cc1. The first-order valence-corrected chi connectivity index (χ1v) is 11.6. The largest absolute Gasteiger partial charge is 0.489 e. The number of Topliss-reactive ketones (excluding diaryl/α,β-unsaturated/α-hetero) is 1. The van der Waals surface area contributed by atoms with Crippen molar-refractivity contribution >= 4 is 23.3 Å². The minimum Gasteiger partial charge on any atom is -0.489 e. The van der Waals surface area contributed by atoms with Gasteiger partial charge in [-0.25, -0.2) is 8.78 Å². The molecule has 0 fully saturated rings. The van der Waals surface area contributed by atoms with E-state index in [0.717, 1.165) is 17.7 Å². The van der Waals surface area contributed by atoms with Gasteiger partial charge < -0.3 is 10.1 Å². The van der Waals surface area contributed by atoms with E-state index in [1.54, 1.807) is 42.5 Å². The van der Waals surface area contributed by atoms with E-state index in [9.17, 15) is 18.4 Å². The third-order valence-electron chi connectivity index (χ3n) is 5.56. The van der Waals surface area contributed by atoms with Crippen molar-refractivity contribution in [2.45, 2.75) is 19.6 Å². The fraction of sp³-hybridized carbons (Fsp3) is 0.103. The summed E-state index contributed by atoms with van der Waals surface area (Å²) in [6.07, 6.45) is -0.0571. The molecule has 0 aliphatic carbocycles. The highest BCUT2D eigenvalue weighted by Crippen LogP contribution is 2.23. The molecule has 1 N–H and O–H groups in total. The van der Waals surface area contributed by atoms with Crippen LogP contribution in [-0.2, 0) is 19.6 Å². The number of amides is 1. The molecule has 4 aromatic carbocycles. The quantitative estimate of drug-likeness (QED) is 0.262. The summed E-state index contributed by atoms with van der Waals surface area (Å²) >= 11 is 6.28. The van der Waals surface area contributed by atoms with Gasteiger partial charge in [0.15, 0.2) is 5.78 Å². The molecule has 0 bridgehead atoms. The Morgan fingerprint density at radius 1 is 0.833 bits per heavy atom. The Morgan fingerprint density at radius 3 is 2.31 bits per heavy atom. The van der Waals surface area contributed by atoms with Gasteiger partial charge in [-0.2, -0.15) is 0 Å². The molecular formula is C29H22ClF2NO3. The topological polar surface area (TPSA) is 55.4 Å². The monoisotopic (exact) mass is 505 g/mol. The van der Waals surface area contributed by atoms with Gasteiger partial charge in [0, 0.05) is 30.2 Å². The average molecular weight is 506 g/mol.